The molecule has 3 rings (SSSR count). The van der Waals surface area contributed by atoms with E-state index in [0.717, 1.165) is 11.3 Å². The van der Waals surface area contributed by atoms with Crippen LogP contribution in [0.15, 0.2) is 53.6 Å². The first-order valence-corrected chi connectivity index (χ1v) is 8.89. The van der Waals surface area contributed by atoms with E-state index in [9.17, 15) is 4.79 Å². The zero-order valence-electron chi connectivity index (χ0n) is 14.4. The normalized spacial score (nSPS) is 10.9. The number of rotatable bonds is 6. The molecule has 0 spiro atoms. The first-order valence-electron chi connectivity index (χ1n) is 8.14. The molecule has 0 radical (unpaired) electrons. The van der Waals surface area contributed by atoms with Crippen molar-refractivity contribution in [2.75, 3.05) is 6.61 Å². The second-order valence-corrected chi connectivity index (χ2v) is 6.33. The van der Waals surface area contributed by atoms with Crippen LogP contribution in [0.25, 0.3) is 11.3 Å². The molecule has 0 aliphatic rings. The van der Waals surface area contributed by atoms with Crippen LogP contribution in [0.1, 0.15) is 23.0 Å². The van der Waals surface area contributed by atoms with Gasteiger partial charge in [0.25, 0.3) is 5.91 Å². The highest BCUT2D eigenvalue weighted by molar-refractivity contribution is 6.36. The van der Waals surface area contributed by atoms with Gasteiger partial charge in [0, 0.05) is 16.1 Å². The monoisotopic (exact) mass is 402 g/mol. The van der Waals surface area contributed by atoms with Gasteiger partial charge in [0.2, 0.25) is 0 Å². The van der Waals surface area contributed by atoms with E-state index in [1.807, 2.05) is 31.2 Å². The third-order valence-corrected chi connectivity index (χ3v) is 4.18. The number of nitrogens with zero attached hydrogens (tertiary/aromatic N) is 2. The van der Waals surface area contributed by atoms with Crippen molar-refractivity contribution in [3.63, 3.8) is 0 Å². The molecule has 27 heavy (non-hydrogen) atoms. The molecule has 1 amide bonds. The molecular weight excluding hydrogens is 387 g/mol. The van der Waals surface area contributed by atoms with E-state index in [0.29, 0.717) is 33.6 Å². The minimum Gasteiger partial charge on any atom is -0.494 e. The number of hydrogen-bond acceptors (Lipinski definition) is 4. The van der Waals surface area contributed by atoms with Gasteiger partial charge >= 0.3 is 0 Å². The standard InChI is InChI=1S/C19H16Cl2N4O2/c1-2-27-15-7-4-12(5-8-15)17-10-18(24-23-17)19(26)25-22-11-13-3-6-14(20)9-16(13)21/h3-11H,2H2,1H3,(H,23,24)(H,25,26). The number of carbonyl (C=O) groups excluding carboxylic acids is 1. The molecule has 138 valence electrons. The number of nitrogens with one attached hydrogen (secondary N) is 2. The van der Waals surface area contributed by atoms with Crippen molar-refractivity contribution in [1.82, 2.24) is 15.6 Å². The van der Waals surface area contributed by atoms with Crippen molar-refractivity contribution < 1.29 is 9.53 Å². The molecule has 3 aromatic rings. The number of aromatic amines is 1. The maximum Gasteiger partial charge on any atom is 0.289 e. The van der Waals surface area contributed by atoms with Crippen LogP contribution < -0.4 is 10.2 Å². The van der Waals surface area contributed by atoms with Crippen LogP contribution in [0.5, 0.6) is 5.75 Å². The van der Waals surface area contributed by atoms with E-state index < -0.39 is 5.91 Å². The lowest BCUT2D eigenvalue weighted by Crippen LogP contribution is -2.18. The molecule has 0 atom stereocenters. The molecule has 0 aliphatic heterocycles. The molecule has 0 saturated heterocycles. The molecule has 1 aromatic heterocycles. The summed E-state index contributed by atoms with van der Waals surface area (Å²) in [6, 6.07) is 14.1. The maximum absolute atomic E-state index is 12.2. The molecule has 2 N–H and O–H groups in total. The lowest BCUT2D eigenvalue weighted by Gasteiger charge is -2.02. The predicted molar refractivity (Wildman–Crippen MR) is 107 cm³/mol. The van der Waals surface area contributed by atoms with Gasteiger partial charge in [0.15, 0.2) is 0 Å². The number of halogens is 2. The minimum atomic E-state index is -0.416. The molecule has 6 nitrogen and oxygen atoms in total. The van der Waals surface area contributed by atoms with Crippen molar-refractivity contribution in [1.29, 1.82) is 0 Å². The number of aromatic nitrogens is 2. The smallest absolute Gasteiger partial charge is 0.289 e. The molecule has 0 unspecified atom stereocenters. The zero-order valence-corrected chi connectivity index (χ0v) is 15.9. The molecular formula is C19H16Cl2N4O2. The zero-order chi connectivity index (χ0) is 19.2. The van der Waals surface area contributed by atoms with Crippen molar-refractivity contribution >= 4 is 35.3 Å². The Kier molecular flexibility index (Phi) is 6.11. The highest BCUT2D eigenvalue weighted by Gasteiger charge is 2.10. The van der Waals surface area contributed by atoms with Gasteiger partial charge in [-0.05, 0) is 49.4 Å². The van der Waals surface area contributed by atoms with Gasteiger partial charge in [-0.2, -0.15) is 10.2 Å². The molecule has 0 fully saturated rings. The van der Waals surface area contributed by atoms with Gasteiger partial charge in [0.1, 0.15) is 11.4 Å². The number of ether oxygens (including phenoxy) is 1. The SMILES string of the molecule is CCOc1ccc(-c2cc(C(=O)NN=Cc3ccc(Cl)cc3Cl)[nH]n2)cc1. The van der Waals surface area contributed by atoms with E-state index in [-0.39, 0.29) is 0 Å². The Hall–Kier alpha value is -2.83. The third-order valence-electron chi connectivity index (χ3n) is 3.62. The first kappa shape index (κ1) is 18.9. The number of hydrogen-bond donors (Lipinski definition) is 2. The summed E-state index contributed by atoms with van der Waals surface area (Å²) >= 11 is 11.9. The molecule has 1 heterocycles. The van der Waals surface area contributed by atoms with E-state index in [2.05, 4.69) is 20.7 Å². The lowest BCUT2D eigenvalue weighted by molar-refractivity contribution is 0.0950. The van der Waals surface area contributed by atoms with E-state index in [1.165, 1.54) is 6.21 Å². The number of amides is 1. The van der Waals surface area contributed by atoms with E-state index in [1.54, 1.807) is 24.3 Å². The molecule has 0 saturated carbocycles. The van der Waals surface area contributed by atoms with Gasteiger partial charge in [-0.3, -0.25) is 9.89 Å². The molecule has 2 aromatic carbocycles. The largest absolute Gasteiger partial charge is 0.494 e. The van der Waals surface area contributed by atoms with Gasteiger partial charge < -0.3 is 4.74 Å². The summed E-state index contributed by atoms with van der Waals surface area (Å²) < 4.78 is 5.41. The predicted octanol–water partition coefficient (Wildman–Crippen LogP) is 4.55. The van der Waals surface area contributed by atoms with Crippen LogP contribution in [0.2, 0.25) is 10.0 Å². The second-order valence-electron chi connectivity index (χ2n) is 5.49. The van der Waals surface area contributed by atoms with Crippen LogP contribution in [0.4, 0.5) is 0 Å². The number of carbonyl (C=O) groups is 1. The Morgan fingerprint density at radius 2 is 2.00 bits per heavy atom. The topological polar surface area (TPSA) is 79.4 Å². The van der Waals surface area contributed by atoms with Gasteiger partial charge in [-0.1, -0.05) is 29.3 Å². The Morgan fingerprint density at radius 3 is 2.70 bits per heavy atom. The summed E-state index contributed by atoms with van der Waals surface area (Å²) in [6.45, 7) is 2.53. The Morgan fingerprint density at radius 1 is 1.22 bits per heavy atom. The summed E-state index contributed by atoms with van der Waals surface area (Å²) in [7, 11) is 0. The number of hydrazone groups is 1. The molecule has 8 heteroatoms. The third kappa shape index (κ3) is 4.87. The van der Waals surface area contributed by atoms with E-state index in [4.69, 9.17) is 27.9 Å². The Labute approximate surface area is 166 Å². The van der Waals surface area contributed by atoms with Crippen LogP contribution in [0, 0.1) is 0 Å². The Balaban J connectivity index is 1.65. The minimum absolute atomic E-state index is 0.290. The highest BCUT2D eigenvalue weighted by atomic mass is 35.5. The van der Waals surface area contributed by atoms with E-state index >= 15 is 0 Å². The second kappa shape index (κ2) is 8.70. The van der Waals surface area contributed by atoms with Crippen molar-refractivity contribution in [2.24, 2.45) is 5.10 Å². The Bertz CT molecular complexity index is 968. The fraction of sp³-hybridized carbons (Fsp3) is 0.105. The molecule has 0 bridgehead atoms. The number of H-pyrrole nitrogens is 1. The average molecular weight is 403 g/mol. The van der Waals surface area contributed by atoms with Crippen molar-refractivity contribution in [3.05, 3.63) is 69.8 Å². The summed E-state index contributed by atoms with van der Waals surface area (Å²) in [5, 5.41) is 11.7. The average Bonchev–Trinajstić information content (AvgIpc) is 3.14. The summed E-state index contributed by atoms with van der Waals surface area (Å²) in [5.41, 5.74) is 4.87. The first-order chi connectivity index (χ1) is 13.1. The van der Waals surface area contributed by atoms with Gasteiger partial charge in [-0.15, -0.1) is 0 Å². The van der Waals surface area contributed by atoms with Gasteiger partial charge in [0.05, 0.1) is 23.5 Å². The fourth-order valence-corrected chi connectivity index (χ4v) is 2.76. The maximum atomic E-state index is 12.2. The summed E-state index contributed by atoms with van der Waals surface area (Å²) in [5.74, 6) is 0.367. The summed E-state index contributed by atoms with van der Waals surface area (Å²) in [6.07, 6.45) is 1.44. The highest BCUT2D eigenvalue weighted by Crippen LogP contribution is 2.21. The van der Waals surface area contributed by atoms with Crippen LogP contribution in [0.3, 0.4) is 0 Å². The lowest BCUT2D eigenvalue weighted by atomic mass is 10.1. The molecule has 0 aliphatic carbocycles. The summed E-state index contributed by atoms with van der Waals surface area (Å²) in [4.78, 5) is 12.2. The van der Waals surface area contributed by atoms with Crippen molar-refractivity contribution in [2.45, 2.75) is 6.92 Å². The fourth-order valence-electron chi connectivity index (χ4n) is 2.30. The van der Waals surface area contributed by atoms with Crippen LogP contribution in [-0.2, 0) is 0 Å². The van der Waals surface area contributed by atoms with Crippen molar-refractivity contribution in [3.8, 4) is 17.0 Å². The van der Waals surface area contributed by atoms with Crippen LogP contribution >= 0.6 is 23.2 Å². The number of benzene rings is 2. The van der Waals surface area contributed by atoms with Gasteiger partial charge in [-0.25, -0.2) is 5.43 Å². The quantitative estimate of drug-likeness (QED) is 0.468. The van der Waals surface area contributed by atoms with Crippen LogP contribution in [-0.4, -0.2) is 28.9 Å².